The fourth-order valence-electron chi connectivity index (χ4n) is 3.62. The number of aliphatic hydroxyl groups excluding tert-OH is 1. The molecule has 2 aliphatic rings. The first-order valence-electron chi connectivity index (χ1n) is 8.06. The lowest BCUT2D eigenvalue weighted by molar-refractivity contribution is -0.135. The van der Waals surface area contributed by atoms with Gasteiger partial charge in [0.25, 0.3) is 0 Å². The molecule has 3 rings (SSSR count). The summed E-state index contributed by atoms with van der Waals surface area (Å²) in [6.07, 6.45) is 1.85. The van der Waals surface area contributed by atoms with Crippen LogP contribution in [0.5, 0.6) is 0 Å². The minimum absolute atomic E-state index is 0.0386. The van der Waals surface area contributed by atoms with Crippen LogP contribution in [0.25, 0.3) is 0 Å². The quantitative estimate of drug-likeness (QED) is 0.918. The number of hydrogen-bond acceptors (Lipinski definition) is 3. The number of halogens is 2. The van der Waals surface area contributed by atoms with Crippen molar-refractivity contribution in [2.24, 2.45) is 5.92 Å². The van der Waals surface area contributed by atoms with Crippen LogP contribution in [0.4, 0.5) is 4.39 Å². The zero-order valence-corrected chi connectivity index (χ0v) is 13.6. The van der Waals surface area contributed by atoms with Gasteiger partial charge < -0.3 is 14.7 Å². The van der Waals surface area contributed by atoms with Crippen LogP contribution >= 0.6 is 11.6 Å². The lowest BCUT2D eigenvalue weighted by Gasteiger charge is -2.37. The van der Waals surface area contributed by atoms with Gasteiger partial charge in [0.15, 0.2) is 0 Å². The van der Waals surface area contributed by atoms with Gasteiger partial charge in [0.1, 0.15) is 5.82 Å². The first-order valence-corrected chi connectivity index (χ1v) is 8.44. The Morgan fingerprint density at radius 3 is 3.00 bits per heavy atom. The van der Waals surface area contributed by atoms with Crippen molar-refractivity contribution in [1.82, 2.24) is 4.90 Å². The summed E-state index contributed by atoms with van der Waals surface area (Å²) in [5, 5.41) is 10.5. The van der Waals surface area contributed by atoms with Gasteiger partial charge in [-0.25, -0.2) is 4.39 Å². The molecule has 3 unspecified atom stereocenters. The van der Waals surface area contributed by atoms with Crippen LogP contribution in [0, 0.1) is 11.7 Å². The van der Waals surface area contributed by atoms with Crippen LogP contribution in [0.15, 0.2) is 18.2 Å². The highest BCUT2D eigenvalue weighted by molar-refractivity contribution is 6.31. The second-order valence-electron chi connectivity index (χ2n) is 6.27. The Labute approximate surface area is 140 Å². The number of rotatable bonds is 3. The Morgan fingerprint density at radius 2 is 2.26 bits per heavy atom. The van der Waals surface area contributed by atoms with Crippen molar-refractivity contribution in [3.63, 3.8) is 0 Å². The molecule has 0 saturated carbocycles. The number of amides is 1. The summed E-state index contributed by atoms with van der Waals surface area (Å²) in [5.41, 5.74) is 0.241. The first-order chi connectivity index (χ1) is 11.1. The highest BCUT2D eigenvalue weighted by Gasteiger charge is 2.39. The van der Waals surface area contributed by atoms with Crippen LogP contribution in [-0.2, 0) is 16.0 Å². The van der Waals surface area contributed by atoms with E-state index in [1.807, 2.05) is 0 Å². The van der Waals surface area contributed by atoms with Crippen molar-refractivity contribution in [2.75, 3.05) is 19.8 Å². The standard InChI is InChI=1S/C17H21ClFNO3/c18-13-3-1-4-14(19)11(13)9-17(22)20-7-2-5-15(20)12-10-23-8-6-16(12)21/h1,3-4,12,15-16,21H,2,5-10H2. The monoisotopic (exact) mass is 341 g/mol. The van der Waals surface area contributed by atoms with Gasteiger partial charge in [-0.15, -0.1) is 0 Å². The maximum atomic E-state index is 13.9. The Hall–Kier alpha value is -1.17. The van der Waals surface area contributed by atoms with Gasteiger partial charge in [-0.2, -0.15) is 0 Å². The lowest BCUT2D eigenvalue weighted by atomic mass is 9.89. The third-order valence-electron chi connectivity index (χ3n) is 4.87. The Morgan fingerprint density at radius 1 is 1.43 bits per heavy atom. The van der Waals surface area contributed by atoms with E-state index in [0.717, 1.165) is 12.8 Å². The van der Waals surface area contributed by atoms with Crippen molar-refractivity contribution < 1.29 is 19.0 Å². The average Bonchev–Trinajstić information content (AvgIpc) is 3.01. The molecule has 1 aromatic carbocycles. The molecule has 0 spiro atoms. The zero-order chi connectivity index (χ0) is 16.4. The van der Waals surface area contributed by atoms with Crippen LogP contribution in [0.3, 0.4) is 0 Å². The third-order valence-corrected chi connectivity index (χ3v) is 5.22. The number of nitrogens with zero attached hydrogens (tertiary/aromatic N) is 1. The van der Waals surface area contributed by atoms with E-state index in [0.29, 0.717) is 26.2 Å². The first kappa shape index (κ1) is 16.7. The normalized spacial score (nSPS) is 28.1. The number of ether oxygens (including phenoxy) is 1. The predicted octanol–water partition coefficient (Wildman–Crippen LogP) is 2.41. The lowest BCUT2D eigenvalue weighted by Crippen LogP contribution is -2.48. The number of carbonyl (C=O) groups excluding carboxylic acids is 1. The molecule has 2 fully saturated rings. The summed E-state index contributed by atoms with van der Waals surface area (Å²) in [4.78, 5) is 14.4. The molecule has 1 aromatic rings. The number of carbonyl (C=O) groups is 1. The second kappa shape index (κ2) is 7.16. The topological polar surface area (TPSA) is 49.8 Å². The zero-order valence-electron chi connectivity index (χ0n) is 12.9. The van der Waals surface area contributed by atoms with E-state index < -0.39 is 11.9 Å². The highest BCUT2D eigenvalue weighted by Crippen LogP contribution is 2.31. The summed E-state index contributed by atoms with van der Waals surface area (Å²) in [5.74, 6) is -0.661. The summed E-state index contributed by atoms with van der Waals surface area (Å²) >= 11 is 6.02. The molecule has 0 radical (unpaired) electrons. The van der Waals surface area contributed by atoms with E-state index in [2.05, 4.69) is 0 Å². The molecule has 1 amide bonds. The SMILES string of the molecule is O=C(Cc1c(F)cccc1Cl)N1CCCC1C1COCCC1O. The van der Waals surface area contributed by atoms with Gasteiger partial charge in [0.2, 0.25) is 5.91 Å². The second-order valence-corrected chi connectivity index (χ2v) is 6.68. The fraction of sp³-hybridized carbons (Fsp3) is 0.588. The van der Waals surface area contributed by atoms with E-state index in [9.17, 15) is 14.3 Å². The molecule has 0 bridgehead atoms. The summed E-state index contributed by atoms with van der Waals surface area (Å²) in [6, 6.07) is 4.39. The van der Waals surface area contributed by atoms with Crippen molar-refractivity contribution in [2.45, 2.75) is 37.8 Å². The van der Waals surface area contributed by atoms with Crippen molar-refractivity contribution in [3.8, 4) is 0 Å². The minimum atomic E-state index is -0.456. The molecular weight excluding hydrogens is 321 g/mol. The Kier molecular flexibility index (Phi) is 5.19. The van der Waals surface area contributed by atoms with Crippen LogP contribution in [-0.4, -0.2) is 47.8 Å². The Balaban J connectivity index is 1.73. The average molecular weight is 342 g/mol. The van der Waals surface area contributed by atoms with E-state index >= 15 is 0 Å². The number of likely N-dealkylation sites (tertiary alicyclic amines) is 1. The number of aliphatic hydroxyl groups is 1. The molecular formula is C17H21ClFNO3. The van der Waals surface area contributed by atoms with Gasteiger partial charge in [-0.05, 0) is 31.4 Å². The fourth-order valence-corrected chi connectivity index (χ4v) is 3.85. The molecule has 1 N–H and O–H groups in total. The third kappa shape index (κ3) is 3.52. The van der Waals surface area contributed by atoms with Gasteiger partial charge in [0, 0.05) is 35.7 Å². The van der Waals surface area contributed by atoms with Crippen LogP contribution in [0.2, 0.25) is 5.02 Å². The van der Waals surface area contributed by atoms with Crippen LogP contribution < -0.4 is 0 Å². The number of benzene rings is 1. The van der Waals surface area contributed by atoms with Gasteiger partial charge in [-0.1, -0.05) is 17.7 Å². The smallest absolute Gasteiger partial charge is 0.227 e. The van der Waals surface area contributed by atoms with Gasteiger partial charge in [0.05, 0.1) is 19.1 Å². The predicted molar refractivity (Wildman–Crippen MR) is 84.8 cm³/mol. The van der Waals surface area contributed by atoms with Crippen molar-refractivity contribution >= 4 is 17.5 Å². The molecule has 2 heterocycles. The maximum absolute atomic E-state index is 13.9. The molecule has 2 aliphatic heterocycles. The molecule has 0 aromatic heterocycles. The maximum Gasteiger partial charge on any atom is 0.227 e. The van der Waals surface area contributed by atoms with Gasteiger partial charge >= 0.3 is 0 Å². The summed E-state index contributed by atoms with van der Waals surface area (Å²) in [7, 11) is 0. The van der Waals surface area contributed by atoms with E-state index in [1.165, 1.54) is 12.1 Å². The van der Waals surface area contributed by atoms with E-state index in [-0.39, 0.29) is 34.9 Å². The minimum Gasteiger partial charge on any atom is -0.393 e. The van der Waals surface area contributed by atoms with Gasteiger partial charge in [-0.3, -0.25) is 4.79 Å². The van der Waals surface area contributed by atoms with E-state index in [1.54, 1.807) is 11.0 Å². The molecule has 3 atom stereocenters. The molecule has 0 aliphatic carbocycles. The summed E-state index contributed by atoms with van der Waals surface area (Å²) in [6.45, 7) is 1.66. The largest absolute Gasteiger partial charge is 0.393 e. The highest BCUT2D eigenvalue weighted by atomic mass is 35.5. The Bertz CT molecular complexity index is 563. The van der Waals surface area contributed by atoms with E-state index in [4.69, 9.17) is 16.3 Å². The molecule has 2 saturated heterocycles. The molecule has 23 heavy (non-hydrogen) atoms. The number of hydrogen-bond donors (Lipinski definition) is 1. The van der Waals surface area contributed by atoms with Crippen molar-refractivity contribution in [1.29, 1.82) is 0 Å². The molecule has 4 nitrogen and oxygen atoms in total. The van der Waals surface area contributed by atoms with Crippen LogP contribution in [0.1, 0.15) is 24.8 Å². The molecule has 126 valence electrons. The summed E-state index contributed by atoms with van der Waals surface area (Å²) < 4.78 is 19.4. The molecule has 6 heteroatoms. The van der Waals surface area contributed by atoms with Crippen molar-refractivity contribution in [3.05, 3.63) is 34.6 Å².